The Morgan fingerprint density at radius 2 is 2.11 bits per heavy atom. The van der Waals surface area contributed by atoms with Crippen LogP contribution < -0.4 is 5.32 Å². The maximum Gasteiger partial charge on any atom is 0.220 e. The minimum Gasteiger partial charge on any atom is -0.391 e. The van der Waals surface area contributed by atoms with Crippen molar-refractivity contribution in [3.8, 4) is 0 Å². The van der Waals surface area contributed by atoms with Gasteiger partial charge in [0.25, 0.3) is 0 Å². The molecule has 0 bridgehead atoms. The summed E-state index contributed by atoms with van der Waals surface area (Å²) in [5, 5.41) is 12.8. The summed E-state index contributed by atoms with van der Waals surface area (Å²) in [6.45, 7) is 5.39. The predicted octanol–water partition coefficient (Wildman–Crippen LogP) is 2.06. The monoisotopic (exact) mass is 247 g/mol. The number of aliphatic hydroxyl groups is 1. The molecule has 2 atom stereocenters. The fourth-order valence-corrected chi connectivity index (χ4v) is 1.69. The van der Waals surface area contributed by atoms with Gasteiger partial charge in [-0.15, -0.1) is 6.58 Å². The zero-order valence-electron chi connectivity index (χ0n) is 10.8. The van der Waals surface area contributed by atoms with Crippen molar-refractivity contribution < 1.29 is 9.90 Å². The minimum absolute atomic E-state index is 0.0467. The van der Waals surface area contributed by atoms with E-state index in [2.05, 4.69) is 11.9 Å². The summed E-state index contributed by atoms with van der Waals surface area (Å²) < 4.78 is 0. The standard InChI is InChI=1S/C15H21NO2/c1-3-4-10-15(18)16-12(2)14(17)11-13-8-6-5-7-9-13/h3,5-9,12,14,17H,1,4,10-11H2,2H3,(H,16,18). The lowest BCUT2D eigenvalue weighted by molar-refractivity contribution is -0.122. The summed E-state index contributed by atoms with van der Waals surface area (Å²) in [4.78, 5) is 11.5. The second-order valence-corrected chi connectivity index (χ2v) is 4.44. The van der Waals surface area contributed by atoms with Crippen molar-refractivity contribution in [3.05, 3.63) is 48.6 Å². The Morgan fingerprint density at radius 1 is 1.44 bits per heavy atom. The number of allylic oxidation sites excluding steroid dienone is 1. The summed E-state index contributed by atoms with van der Waals surface area (Å²) in [5.41, 5.74) is 1.07. The highest BCUT2D eigenvalue weighted by Gasteiger charge is 2.16. The van der Waals surface area contributed by atoms with Gasteiger partial charge in [0.15, 0.2) is 0 Å². The molecule has 2 unspecified atom stereocenters. The van der Waals surface area contributed by atoms with E-state index in [0.29, 0.717) is 19.3 Å². The minimum atomic E-state index is -0.569. The molecule has 3 heteroatoms. The van der Waals surface area contributed by atoms with Crippen molar-refractivity contribution in [3.63, 3.8) is 0 Å². The molecule has 0 saturated carbocycles. The molecule has 1 aromatic rings. The van der Waals surface area contributed by atoms with E-state index in [4.69, 9.17) is 0 Å². The highest BCUT2D eigenvalue weighted by Crippen LogP contribution is 2.06. The number of amides is 1. The number of benzene rings is 1. The van der Waals surface area contributed by atoms with Crippen LogP contribution in [0.25, 0.3) is 0 Å². The van der Waals surface area contributed by atoms with Crippen LogP contribution in [0.15, 0.2) is 43.0 Å². The van der Waals surface area contributed by atoms with Gasteiger partial charge in [-0.3, -0.25) is 4.79 Å². The van der Waals surface area contributed by atoms with Crippen LogP contribution in [-0.4, -0.2) is 23.2 Å². The Morgan fingerprint density at radius 3 is 2.72 bits per heavy atom. The maximum absolute atomic E-state index is 11.5. The Hall–Kier alpha value is -1.61. The second-order valence-electron chi connectivity index (χ2n) is 4.44. The Kier molecular flexibility index (Phi) is 6.15. The van der Waals surface area contributed by atoms with Crippen LogP contribution in [0.1, 0.15) is 25.3 Å². The number of carbonyl (C=O) groups is 1. The molecule has 0 aliphatic rings. The topological polar surface area (TPSA) is 49.3 Å². The first kappa shape index (κ1) is 14.5. The van der Waals surface area contributed by atoms with Crippen molar-refractivity contribution in [1.82, 2.24) is 5.32 Å². The van der Waals surface area contributed by atoms with Crippen molar-refractivity contribution in [2.24, 2.45) is 0 Å². The highest BCUT2D eigenvalue weighted by atomic mass is 16.3. The van der Waals surface area contributed by atoms with E-state index in [1.165, 1.54) is 0 Å². The largest absolute Gasteiger partial charge is 0.391 e. The normalized spacial score (nSPS) is 13.7. The van der Waals surface area contributed by atoms with Crippen molar-refractivity contribution >= 4 is 5.91 Å². The lowest BCUT2D eigenvalue weighted by atomic mass is 10.0. The molecule has 0 aliphatic carbocycles. The van der Waals surface area contributed by atoms with E-state index >= 15 is 0 Å². The fraction of sp³-hybridized carbons (Fsp3) is 0.400. The lowest BCUT2D eigenvalue weighted by Gasteiger charge is -2.20. The first-order valence-corrected chi connectivity index (χ1v) is 6.25. The molecule has 0 spiro atoms. The van der Waals surface area contributed by atoms with Crippen molar-refractivity contribution in [1.29, 1.82) is 0 Å². The molecular formula is C15H21NO2. The molecule has 0 fully saturated rings. The average molecular weight is 247 g/mol. The van der Waals surface area contributed by atoms with Crippen molar-refractivity contribution in [2.75, 3.05) is 0 Å². The number of aliphatic hydroxyl groups excluding tert-OH is 1. The summed E-state index contributed by atoms with van der Waals surface area (Å²) in [7, 11) is 0. The van der Waals surface area contributed by atoms with Gasteiger partial charge in [-0.25, -0.2) is 0 Å². The molecule has 1 amide bonds. The van der Waals surface area contributed by atoms with E-state index in [-0.39, 0.29) is 11.9 Å². The Labute approximate surface area is 109 Å². The molecular weight excluding hydrogens is 226 g/mol. The lowest BCUT2D eigenvalue weighted by Crippen LogP contribution is -2.42. The molecule has 0 aliphatic heterocycles. The average Bonchev–Trinajstić information content (AvgIpc) is 2.37. The van der Waals surface area contributed by atoms with E-state index in [9.17, 15) is 9.90 Å². The third-order valence-electron chi connectivity index (χ3n) is 2.83. The number of carbonyl (C=O) groups excluding carboxylic acids is 1. The fourth-order valence-electron chi connectivity index (χ4n) is 1.69. The van der Waals surface area contributed by atoms with Gasteiger partial charge in [-0.2, -0.15) is 0 Å². The van der Waals surface area contributed by atoms with Gasteiger partial charge in [0.2, 0.25) is 5.91 Å². The van der Waals surface area contributed by atoms with Crippen LogP contribution in [0.2, 0.25) is 0 Å². The molecule has 0 aromatic heterocycles. The Balaban J connectivity index is 2.39. The van der Waals surface area contributed by atoms with Gasteiger partial charge >= 0.3 is 0 Å². The highest BCUT2D eigenvalue weighted by molar-refractivity contribution is 5.76. The quantitative estimate of drug-likeness (QED) is 0.725. The molecule has 2 N–H and O–H groups in total. The van der Waals surface area contributed by atoms with Crippen LogP contribution in [0.5, 0.6) is 0 Å². The summed E-state index contributed by atoms with van der Waals surface area (Å²) in [5.74, 6) is -0.0467. The number of hydrogen-bond acceptors (Lipinski definition) is 2. The molecule has 1 rings (SSSR count). The zero-order valence-corrected chi connectivity index (χ0v) is 10.8. The number of hydrogen-bond donors (Lipinski definition) is 2. The summed E-state index contributed by atoms with van der Waals surface area (Å²) >= 11 is 0. The molecule has 3 nitrogen and oxygen atoms in total. The van der Waals surface area contributed by atoms with E-state index in [1.807, 2.05) is 37.3 Å². The molecule has 0 saturated heterocycles. The Bertz CT molecular complexity index is 375. The SMILES string of the molecule is C=CCCC(=O)NC(C)C(O)Cc1ccccc1. The van der Waals surface area contributed by atoms with Crippen LogP contribution in [0.4, 0.5) is 0 Å². The zero-order chi connectivity index (χ0) is 13.4. The van der Waals surface area contributed by atoms with Gasteiger partial charge < -0.3 is 10.4 Å². The van der Waals surface area contributed by atoms with Crippen molar-refractivity contribution in [2.45, 2.75) is 38.3 Å². The van der Waals surface area contributed by atoms with E-state index in [0.717, 1.165) is 5.56 Å². The maximum atomic E-state index is 11.5. The number of nitrogens with one attached hydrogen (secondary N) is 1. The van der Waals surface area contributed by atoms with Gasteiger partial charge in [0.05, 0.1) is 12.1 Å². The van der Waals surface area contributed by atoms with Crippen LogP contribution in [0, 0.1) is 0 Å². The van der Waals surface area contributed by atoms with Gasteiger partial charge in [0, 0.05) is 12.8 Å². The predicted molar refractivity (Wildman–Crippen MR) is 73.2 cm³/mol. The van der Waals surface area contributed by atoms with Gasteiger partial charge in [-0.05, 0) is 18.9 Å². The summed E-state index contributed by atoms with van der Waals surface area (Å²) in [6.07, 6.45) is 2.77. The van der Waals surface area contributed by atoms with Gasteiger partial charge in [-0.1, -0.05) is 36.4 Å². The number of rotatable bonds is 7. The van der Waals surface area contributed by atoms with Crippen LogP contribution >= 0.6 is 0 Å². The summed E-state index contributed by atoms with van der Waals surface area (Å²) in [6, 6.07) is 9.51. The van der Waals surface area contributed by atoms with Crippen LogP contribution in [-0.2, 0) is 11.2 Å². The molecule has 0 radical (unpaired) electrons. The third kappa shape index (κ3) is 5.15. The first-order valence-electron chi connectivity index (χ1n) is 6.25. The van der Waals surface area contributed by atoms with Crippen LogP contribution in [0.3, 0.4) is 0 Å². The molecule has 98 valence electrons. The van der Waals surface area contributed by atoms with E-state index in [1.54, 1.807) is 6.08 Å². The van der Waals surface area contributed by atoms with Gasteiger partial charge in [0.1, 0.15) is 0 Å². The second kappa shape index (κ2) is 7.67. The molecule has 0 heterocycles. The third-order valence-corrected chi connectivity index (χ3v) is 2.83. The first-order chi connectivity index (χ1) is 8.63. The molecule has 18 heavy (non-hydrogen) atoms. The van der Waals surface area contributed by atoms with E-state index < -0.39 is 6.10 Å². The molecule has 1 aromatic carbocycles. The smallest absolute Gasteiger partial charge is 0.220 e.